The van der Waals surface area contributed by atoms with Gasteiger partial charge in [0.1, 0.15) is 0 Å². The van der Waals surface area contributed by atoms with E-state index in [9.17, 15) is 0 Å². The second kappa shape index (κ2) is 4.84. The highest BCUT2D eigenvalue weighted by Gasteiger charge is 2.30. The van der Waals surface area contributed by atoms with Gasteiger partial charge in [0.2, 0.25) is 0 Å². The third-order valence-electron chi connectivity index (χ3n) is 3.51. The maximum absolute atomic E-state index is 6.04. The van der Waals surface area contributed by atoms with E-state index in [0.29, 0.717) is 12.2 Å². The average molecular weight is 212 g/mol. The quantitative estimate of drug-likeness (QED) is 0.662. The number of rotatable bonds is 4. The summed E-state index contributed by atoms with van der Waals surface area (Å²) in [4.78, 5) is 0. The highest BCUT2D eigenvalue weighted by molar-refractivity contribution is 4.73. The van der Waals surface area contributed by atoms with Crippen molar-refractivity contribution in [3.8, 4) is 0 Å². The molecule has 0 spiro atoms. The minimum absolute atomic E-state index is 0.371. The third kappa shape index (κ3) is 3.46. The first-order chi connectivity index (χ1) is 7.16. The standard InChI is InChI=1S/C13H24O2/c1-13(2,14-11-7-3-4-8-11)15-12-9-5-6-10-12/h11-12H,3-10H2,1-2H3. The van der Waals surface area contributed by atoms with Crippen LogP contribution in [-0.4, -0.2) is 18.0 Å². The van der Waals surface area contributed by atoms with Gasteiger partial charge in [0.15, 0.2) is 5.79 Å². The van der Waals surface area contributed by atoms with Crippen LogP contribution >= 0.6 is 0 Å². The van der Waals surface area contributed by atoms with Crippen molar-refractivity contribution in [1.29, 1.82) is 0 Å². The normalized spacial score (nSPS) is 25.2. The van der Waals surface area contributed by atoms with Crippen LogP contribution in [0.5, 0.6) is 0 Å². The molecule has 2 nitrogen and oxygen atoms in total. The van der Waals surface area contributed by atoms with Crippen molar-refractivity contribution in [1.82, 2.24) is 0 Å². The van der Waals surface area contributed by atoms with E-state index in [1.165, 1.54) is 51.4 Å². The summed E-state index contributed by atoms with van der Waals surface area (Å²) < 4.78 is 12.1. The van der Waals surface area contributed by atoms with Crippen molar-refractivity contribution in [2.24, 2.45) is 0 Å². The fourth-order valence-electron chi connectivity index (χ4n) is 2.84. The minimum Gasteiger partial charge on any atom is -0.347 e. The topological polar surface area (TPSA) is 18.5 Å². The summed E-state index contributed by atoms with van der Waals surface area (Å²) in [6.45, 7) is 4.15. The van der Waals surface area contributed by atoms with Crippen molar-refractivity contribution in [3.05, 3.63) is 0 Å². The molecule has 0 aliphatic heterocycles. The van der Waals surface area contributed by atoms with E-state index in [1.54, 1.807) is 0 Å². The van der Waals surface area contributed by atoms with Gasteiger partial charge in [-0.2, -0.15) is 0 Å². The zero-order valence-corrected chi connectivity index (χ0v) is 10.1. The summed E-state index contributed by atoms with van der Waals surface area (Å²) in [7, 11) is 0. The number of ether oxygens (including phenoxy) is 2. The van der Waals surface area contributed by atoms with Gasteiger partial charge in [0, 0.05) is 0 Å². The van der Waals surface area contributed by atoms with Gasteiger partial charge in [-0.15, -0.1) is 0 Å². The fourth-order valence-corrected chi connectivity index (χ4v) is 2.84. The Morgan fingerprint density at radius 1 is 0.733 bits per heavy atom. The predicted molar refractivity (Wildman–Crippen MR) is 60.8 cm³/mol. The van der Waals surface area contributed by atoms with E-state index in [4.69, 9.17) is 9.47 Å². The van der Waals surface area contributed by atoms with Crippen LogP contribution in [-0.2, 0) is 9.47 Å². The molecule has 88 valence electrons. The van der Waals surface area contributed by atoms with Crippen LogP contribution in [0.15, 0.2) is 0 Å². The monoisotopic (exact) mass is 212 g/mol. The van der Waals surface area contributed by atoms with Gasteiger partial charge >= 0.3 is 0 Å². The zero-order valence-electron chi connectivity index (χ0n) is 10.1. The lowest BCUT2D eigenvalue weighted by Gasteiger charge is -2.32. The van der Waals surface area contributed by atoms with Gasteiger partial charge < -0.3 is 9.47 Å². The van der Waals surface area contributed by atoms with Crippen molar-refractivity contribution >= 4 is 0 Å². The second-order valence-electron chi connectivity index (χ2n) is 5.45. The van der Waals surface area contributed by atoms with Crippen LogP contribution < -0.4 is 0 Å². The maximum atomic E-state index is 6.04. The Morgan fingerprint density at radius 2 is 1.07 bits per heavy atom. The van der Waals surface area contributed by atoms with E-state index < -0.39 is 0 Å². The molecular formula is C13H24O2. The number of hydrogen-bond acceptors (Lipinski definition) is 2. The van der Waals surface area contributed by atoms with Crippen molar-refractivity contribution in [2.75, 3.05) is 0 Å². The molecule has 0 atom stereocenters. The molecule has 2 saturated carbocycles. The molecule has 2 rings (SSSR count). The van der Waals surface area contributed by atoms with E-state index in [2.05, 4.69) is 13.8 Å². The van der Waals surface area contributed by atoms with E-state index >= 15 is 0 Å². The lowest BCUT2D eigenvalue weighted by molar-refractivity contribution is -0.255. The average Bonchev–Trinajstić information content (AvgIpc) is 2.75. The van der Waals surface area contributed by atoms with Crippen LogP contribution in [0.2, 0.25) is 0 Å². The molecule has 2 aliphatic carbocycles. The zero-order chi connectivity index (χ0) is 10.7. The second-order valence-corrected chi connectivity index (χ2v) is 5.45. The van der Waals surface area contributed by atoms with Gasteiger partial charge in [-0.25, -0.2) is 0 Å². The first kappa shape index (κ1) is 11.4. The van der Waals surface area contributed by atoms with Crippen LogP contribution in [0.25, 0.3) is 0 Å². The van der Waals surface area contributed by atoms with Gasteiger partial charge in [-0.05, 0) is 39.5 Å². The SMILES string of the molecule is CC(C)(OC1CCCC1)OC1CCCC1. The Balaban J connectivity index is 1.76. The molecule has 0 aromatic carbocycles. The van der Waals surface area contributed by atoms with Crippen LogP contribution in [0.3, 0.4) is 0 Å². The molecule has 0 N–H and O–H groups in total. The number of hydrogen-bond donors (Lipinski definition) is 0. The molecule has 0 aromatic heterocycles. The van der Waals surface area contributed by atoms with E-state index in [-0.39, 0.29) is 5.79 Å². The van der Waals surface area contributed by atoms with Gasteiger partial charge in [-0.3, -0.25) is 0 Å². The van der Waals surface area contributed by atoms with E-state index in [1.807, 2.05) is 0 Å². The summed E-state index contributed by atoms with van der Waals surface area (Å²) in [5.74, 6) is -0.371. The van der Waals surface area contributed by atoms with Crippen molar-refractivity contribution in [2.45, 2.75) is 83.2 Å². The fraction of sp³-hybridized carbons (Fsp3) is 1.00. The first-order valence-electron chi connectivity index (χ1n) is 6.51. The lowest BCUT2D eigenvalue weighted by atomic mass is 10.2. The molecule has 0 aromatic rings. The van der Waals surface area contributed by atoms with Crippen LogP contribution in [0.1, 0.15) is 65.2 Å². The Labute approximate surface area is 93.3 Å². The molecule has 2 heteroatoms. The van der Waals surface area contributed by atoms with Gasteiger partial charge in [0.25, 0.3) is 0 Å². The molecule has 2 fully saturated rings. The largest absolute Gasteiger partial charge is 0.347 e. The Morgan fingerprint density at radius 3 is 1.40 bits per heavy atom. The molecule has 0 saturated heterocycles. The molecule has 2 aliphatic rings. The molecule has 0 radical (unpaired) electrons. The highest BCUT2D eigenvalue weighted by Crippen LogP contribution is 2.30. The van der Waals surface area contributed by atoms with Crippen molar-refractivity contribution < 1.29 is 9.47 Å². The maximum Gasteiger partial charge on any atom is 0.163 e. The summed E-state index contributed by atoms with van der Waals surface area (Å²) in [5.41, 5.74) is 0. The molecule has 0 amide bonds. The minimum atomic E-state index is -0.371. The Bertz CT molecular complexity index is 169. The first-order valence-corrected chi connectivity index (χ1v) is 6.51. The lowest BCUT2D eigenvalue weighted by Crippen LogP contribution is -2.35. The summed E-state index contributed by atoms with van der Waals surface area (Å²) in [6.07, 6.45) is 11.1. The Hall–Kier alpha value is -0.0800. The molecule has 15 heavy (non-hydrogen) atoms. The summed E-state index contributed by atoms with van der Waals surface area (Å²) >= 11 is 0. The van der Waals surface area contributed by atoms with E-state index in [0.717, 1.165) is 0 Å². The highest BCUT2D eigenvalue weighted by atomic mass is 16.7. The predicted octanol–water partition coefficient (Wildman–Crippen LogP) is 3.64. The van der Waals surface area contributed by atoms with Crippen molar-refractivity contribution in [3.63, 3.8) is 0 Å². The van der Waals surface area contributed by atoms with Crippen LogP contribution in [0, 0.1) is 0 Å². The molecule has 0 heterocycles. The third-order valence-corrected chi connectivity index (χ3v) is 3.51. The molecule has 0 bridgehead atoms. The summed E-state index contributed by atoms with van der Waals surface area (Å²) in [6, 6.07) is 0. The summed E-state index contributed by atoms with van der Waals surface area (Å²) in [5, 5.41) is 0. The smallest absolute Gasteiger partial charge is 0.163 e. The molecular weight excluding hydrogens is 188 g/mol. The van der Waals surface area contributed by atoms with Gasteiger partial charge in [0.05, 0.1) is 12.2 Å². The van der Waals surface area contributed by atoms with Crippen LogP contribution in [0.4, 0.5) is 0 Å². The van der Waals surface area contributed by atoms with Gasteiger partial charge in [-0.1, -0.05) is 25.7 Å². The molecule has 0 unspecified atom stereocenters. The Kier molecular flexibility index (Phi) is 3.68.